The van der Waals surface area contributed by atoms with Gasteiger partial charge < -0.3 is 10.2 Å². The van der Waals surface area contributed by atoms with Crippen LogP contribution in [0.1, 0.15) is 31.2 Å². The lowest BCUT2D eigenvalue weighted by Crippen LogP contribution is -2.29. The molecule has 0 bridgehead atoms. The van der Waals surface area contributed by atoms with Gasteiger partial charge in [0, 0.05) is 25.3 Å². The van der Waals surface area contributed by atoms with E-state index in [4.69, 9.17) is 0 Å². The summed E-state index contributed by atoms with van der Waals surface area (Å²) in [4.78, 5) is 2.50. The summed E-state index contributed by atoms with van der Waals surface area (Å²) >= 11 is 0. The molecule has 1 heterocycles. The molecule has 1 saturated heterocycles. The third-order valence-corrected chi connectivity index (χ3v) is 3.51. The van der Waals surface area contributed by atoms with Crippen molar-refractivity contribution in [2.75, 3.05) is 24.5 Å². The van der Waals surface area contributed by atoms with Gasteiger partial charge in [-0.2, -0.15) is 0 Å². The van der Waals surface area contributed by atoms with Crippen LogP contribution in [0, 0.1) is 0 Å². The van der Waals surface area contributed by atoms with E-state index in [1.165, 1.54) is 43.6 Å². The van der Waals surface area contributed by atoms with Crippen molar-refractivity contribution in [3.8, 4) is 0 Å². The Hall–Kier alpha value is -1.28. The maximum absolute atomic E-state index is 3.72. The number of benzene rings is 1. The average Bonchev–Trinajstić information content (AvgIpc) is 2.45. The molecule has 1 N–H and O–H groups in total. The third-order valence-electron chi connectivity index (χ3n) is 3.51. The molecule has 18 heavy (non-hydrogen) atoms. The van der Waals surface area contributed by atoms with Gasteiger partial charge in [-0.1, -0.05) is 18.2 Å². The molecule has 2 heteroatoms. The summed E-state index contributed by atoms with van der Waals surface area (Å²) in [6.45, 7) is 8.13. The highest BCUT2D eigenvalue weighted by Gasteiger charge is 2.10. The molecule has 0 saturated carbocycles. The molecule has 1 aliphatic heterocycles. The fourth-order valence-corrected chi connectivity index (χ4v) is 2.41. The first kappa shape index (κ1) is 13.2. The monoisotopic (exact) mass is 244 g/mol. The van der Waals surface area contributed by atoms with Gasteiger partial charge in [0.25, 0.3) is 0 Å². The molecule has 0 atom stereocenters. The van der Waals surface area contributed by atoms with Crippen LogP contribution in [0.15, 0.2) is 36.9 Å². The zero-order chi connectivity index (χ0) is 12.6. The number of rotatable bonds is 6. The van der Waals surface area contributed by atoms with Crippen LogP contribution in [0.25, 0.3) is 0 Å². The van der Waals surface area contributed by atoms with Crippen molar-refractivity contribution in [3.63, 3.8) is 0 Å². The number of nitrogens with one attached hydrogen (secondary N) is 1. The SMILES string of the molecule is C=CCCNCc1ccc(N2CCCCC2)cc1. The minimum atomic E-state index is 0.952. The van der Waals surface area contributed by atoms with E-state index >= 15 is 0 Å². The number of anilines is 1. The van der Waals surface area contributed by atoms with Crippen LogP contribution in [0.4, 0.5) is 5.69 Å². The quantitative estimate of drug-likeness (QED) is 0.610. The highest BCUT2D eigenvalue weighted by atomic mass is 15.1. The van der Waals surface area contributed by atoms with Crippen LogP contribution in [-0.4, -0.2) is 19.6 Å². The van der Waals surface area contributed by atoms with E-state index in [1.807, 2.05) is 6.08 Å². The lowest BCUT2D eigenvalue weighted by Gasteiger charge is -2.28. The first-order chi connectivity index (χ1) is 8.90. The first-order valence-corrected chi connectivity index (χ1v) is 7.05. The van der Waals surface area contributed by atoms with Crippen LogP contribution < -0.4 is 10.2 Å². The van der Waals surface area contributed by atoms with Crippen LogP contribution in [-0.2, 0) is 6.54 Å². The maximum Gasteiger partial charge on any atom is 0.0366 e. The van der Waals surface area contributed by atoms with Gasteiger partial charge in [-0.3, -0.25) is 0 Å². The summed E-state index contributed by atoms with van der Waals surface area (Å²) in [5, 5.41) is 3.42. The maximum atomic E-state index is 3.72. The van der Waals surface area contributed by atoms with Crippen LogP contribution >= 0.6 is 0 Å². The molecule has 1 aromatic carbocycles. The number of hydrogen-bond donors (Lipinski definition) is 1. The van der Waals surface area contributed by atoms with Gasteiger partial charge >= 0.3 is 0 Å². The Labute approximate surface area is 111 Å². The van der Waals surface area contributed by atoms with Crippen molar-refractivity contribution in [2.24, 2.45) is 0 Å². The molecule has 1 fully saturated rings. The Balaban J connectivity index is 1.82. The smallest absolute Gasteiger partial charge is 0.0366 e. The summed E-state index contributed by atoms with van der Waals surface area (Å²) in [5.74, 6) is 0. The largest absolute Gasteiger partial charge is 0.372 e. The standard InChI is InChI=1S/C16H24N2/c1-2-3-11-17-14-15-7-9-16(10-8-15)18-12-5-4-6-13-18/h2,7-10,17H,1,3-6,11-14H2. The van der Waals surface area contributed by atoms with E-state index in [9.17, 15) is 0 Å². The van der Waals surface area contributed by atoms with E-state index in [0.29, 0.717) is 0 Å². The first-order valence-electron chi connectivity index (χ1n) is 7.05. The summed E-state index contributed by atoms with van der Waals surface area (Å²) in [6, 6.07) is 9.00. The van der Waals surface area contributed by atoms with Gasteiger partial charge in [-0.05, 0) is 49.9 Å². The molecule has 0 aliphatic carbocycles. The molecule has 0 radical (unpaired) electrons. The van der Waals surface area contributed by atoms with Gasteiger partial charge in [0.2, 0.25) is 0 Å². The van der Waals surface area contributed by atoms with Crippen LogP contribution in [0.3, 0.4) is 0 Å². The molecule has 98 valence electrons. The Morgan fingerprint density at radius 1 is 1.11 bits per heavy atom. The average molecular weight is 244 g/mol. The summed E-state index contributed by atoms with van der Waals surface area (Å²) in [5.41, 5.74) is 2.74. The molecular formula is C16H24N2. The van der Waals surface area contributed by atoms with E-state index in [0.717, 1.165) is 19.5 Å². The van der Waals surface area contributed by atoms with E-state index < -0.39 is 0 Å². The highest BCUT2D eigenvalue weighted by molar-refractivity contribution is 5.47. The third kappa shape index (κ3) is 3.88. The molecule has 2 nitrogen and oxygen atoms in total. The molecular weight excluding hydrogens is 220 g/mol. The topological polar surface area (TPSA) is 15.3 Å². The van der Waals surface area contributed by atoms with Crippen LogP contribution in [0.2, 0.25) is 0 Å². The van der Waals surface area contributed by atoms with Crippen molar-refractivity contribution in [1.29, 1.82) is 0 Å². The van der Waals surface area contributed by atoms with Crippen LogP contribution in [0.5, 0.6) is 0 Å². The highest BCUT2D eigenvalue weighted by Crippen LogP contribution is 2.20. The second-order valence-electron chi connectivity index (χ2n) is 4.97. The molecule has 0 amide bonds. The molecule has 1 aromatic rings. The number of nitrogens with zero attached hydrogens (tertiary/aromatic N) is 1. The van der Waals surface area contributed by atoms with Crippen molar-refractivity contribution in [3.05, 3.63) is 42.5 Å². The summed E-state index contributed by atoms with van der Waals surface area (Å²) in [7, 11) is 0. The van der Waals surface area contributed by atoms with Gasteiger partial charge in [0.15, 0.2) is 0 Å². The zero-order valence-electron chi connectivity index (χ0n) is 11.2. The summed E-state index contributed by atoms with van der Waals surface area (Å²) < 4.78 is 0. The van der Waals surface area contributed by atoms with E-state index in [2.05, 4.69) is 41.1 Å². The van der Waals surface area contributed by atoms with E-state index in [-0.39, 0.29) is 0 Å². The predicted octanol–water partition coefficient (Wildman–Crippen LogP) is 3.34. The Kier molecular flexibility index (Phi) is 5.28. The molecule has 0 aromatic heterocycles. The molecule has 0 spiro atoms. The number of piperidine rings is 1. The zero-order valence-corrected chi connectivity index (χ0v) is 11.2. The lowest BCUT2D eigenvalue weighted by molar-refractivity contribution is 0.578. The predicted molar refractivity (Wildman–Crippen MR) is 79.0 cm³/mol. The van der Waals surface area contributed by atoms with E-state index in [1.54, 1.807) is 0 Å². The summed E-state index contributed by atoms with van der Waals surface area (Å²) in [6.07, 6.45) is 7.05. The Bertz CT molecular complexity index is 350. The molecule has 2 rings (SSSR count). The van der Waals surface area contributed by atoms with Gasteiger partial charge in [0.1, 0.15) is 0 Å². The normalized spacial score (nSPS) is 15.7. The minimum absolute atomic E-state index is 0.952. The molecule has 1 aliphatic rings. The second kappa shape index (κ2) is 7.22. The van der Waals surface area contributed by atoms with Crippen molar-refractivity contribution < 1.29 is 0 Å². The van der Waals surface area contributed by atoms with Gasteiger partial charge in [-0.15, -0.1) is 6.58 Å². The fourth-order valence-electron chi connectivity index (χ4n) is 2.41. The van der Waals surface area contributed by atoms with Crippen molar-refractivity contribution >= 4 is 5.69 Å². The Morgan fingerprint density at radius 3 is 2.50 bits per heavy atom. The van der Waals surface area contributed by atoms with Crippen molar-refractivity contribution in [1.82, 2.24) is 5.32 Å². The number of hydrogen-bond acceptors (Lipinski definition) is 2. The van der Waals surface area contributed by atoms with Gasteiger partial charge in [0.05, 0.1) is 0 Å². The van der Waals surface area contributed by atoms with Gasteiger partial charge in [-0.25, -0.2) is 0 Å². The van der Waals surface area contributed by atoms with Crippen molar-refractivity contribution in [2.45, 2.75) is 32.2 Å². The lowest BCUT2D eigenvalue weighted by atomic mass is 10.1. The second-order valence-corrected chi connectivity index (χ2v) is 4.97. The molecule has 0 unspecified atom stereocenters. The fraction of sp³-hybridized carbons (Fsp3) is 0.500. The Morgan fingerprint density at radius 2 is 1.83 bits per heavy atom. The minimum Gasteiger partial charge on any atom is -0.372 e.